The lowest BCUT2D eigenvalue weighted by atomic mass is 10.1. The highest BCUT2D eigenvalue weighted by molar-refractivity contribution is 7.85. The molecule has 0 saturated carbocycles. The van der Waals surface area contributed by atoms with Crippen LogP contribution in [0.15, 0.2) is 115 Å². The van der Waals surface area contributed by atoms with Gasteiger partial charge >= 0.3 is 5.63 Å². The van der Waals surface area contributed by atoms with E-state index in [0.29, 0.717) is 22.3 Å². The Labute approximate surface area is 179 Å². The van der Waals surface area contributed by atoms with Crippen molar-refractivity contribution in [1.82, 2.24) is 4.57 Å². The lowest BCUT2D eigenvalue weighted by Gasteiger charge is -2.13. The number of rotatable bonds is 4. The highest BCUT2D eigenvalue weighted by atomic mass is 32.2. The number of para-hydroxylation sites is 1. The SMILES string of the molecule is O=c1oc2c(cc1S(=O)c1ccccc1)c(=O)n(Cc1ccccc1)c1ccccc21. The van der Waals surface area contributed by atoms with E-state index in [1.165, 1.54) is 6.07 Å². The number of nitrogens with zero attached hydrogens (tertiary/aromatic N) is 1. The van der Waals surface area contributed by atoms with Gasteiger partial charge in [-0.25, -0.2) is 9.00 Å². The Morgan fingerprint density at radius 2 is 1.42 bits per heavy atom. The number of benzene rings is 3. The van der Waals surface area contributed by atoms with Crippen LogP contribution in [0.1, 0.15) is 5.56 Å². The van der Waals surface area contributed by atoms with Crippen molar-refractivity contribution < 1.29 is 8.63 Å². The second-order valence-electron chi connectivity index (χ2n) is 7.12. The summed E-state index contributed by atoms with van der Waals surface area (Å²) in [4.78, 5) is 26.6. The third-order valence-corrected chi connectivity index (χ3v) is 6.56. The van der Waals surface area contributed by atoms with Crippen molar-refractivity contribution in [3.05, 3.63) is 117 Å². The van der Waals surface area contributed by atoms with Crippen LogP contribution in [0.25, 0.3) is 21.9 Å². The molecular formula is C25H17NO4S. The van der Waals surface area contributed by atoms with Crippen molar-refractivity contribution in [1.29, 1.82) is 0 Å². The number of aromatic nitrogens is 1. The first-order valence-corrected chi connectivity index (χ1v) is 10.9. The van der Waals surface area contributed by atoms with E-state index >= 15 is 0 Å². The first-order chi connectivity index (χ1) is 15.1. The number of pyridine rings is 1. The van der Waals surface area contributed by atoms with Gasteiger partial charge in [-0.1, -0.05) is 60.7 Å². The Morgan fingerprint density at radius 3 is 2.16 bits per heavy atom. The first kappa shape index (κ1) is 19.2. The van der Waals surface area contributed by atoms with Crippen molar-refractivity contribution in [2.75, 3.05) is 0 Å². The summed E-state index contributed by atoms with van der Waals surface area (Å²) >= 11 is 0. The van der Waals surface area contributed by atoms with Gasteiger partial charge in [-0.05, 0) is 35.9 Å². The second kappa shape index (κ2) is 7.81. The maximum Gasteiger partial charge on any atom is 0.353 e. The highest BCUT2D eigenvalue weighted by Gasteiger charge is 2.19. The third-order valence-electron chi connectivity index (χ3n) is 5.17. The molecule has 5 nitrogen and oxygen atoms in total. The molecule has 0 spiro atoms. The smallest absolute Gasteiger partial charge is 0.353 e. The van der Waals surface area contributed by atoms with Crippen LogP contribution in [0.3, 0.4) is 0 Å². The predicted molar refractivity (Wildman–Crippen MR) is 121 cm³/mol. The molecule has 0 saturated heterocycles. The molecule has 0 aliphatic rings. The maximum absolute atomic E-state index is 13.5. The van der Waals surface area contributed by atoms with Crippen LogP contribution in [0, 0.1) is 0 Å². The average molecular weight is 427 g/mol. The van der Waals surface area contributed by atoms with Crippen LogP contribution in [0.5, 0.6) is 0 Å². The van der Waals surface area contributed by atoms with Gasteiger partial charge < -0.3 is 8.98 Å². The zero-order chi connectivity index (χ0) is 21.4. The van der Waals surface area contributed by atoms with Crippen LogP contribution in [0.4, 0.5) is 0 Å². The molecule has 0 aliphatic heterocycles. The minimum absolute atomic E-state index is 0.0441. The topological polar surface area (TPSA) is 69.3 Å². The van der Waals surface area contributed by atoms with E-state index in [4.69, 9.17) is 4.42 Å². The number of hydrogen-bond donors (Lipinski definition) is 0. The first-order valence-electron chi connectivity index (χ1n) is 9.73. The van der Waals surface area contributed by atoms with E-state index in [-0.39, 0.29) is 21.4 Å². The fourth-order valence-electron chi connectivity index (χ4n) is 3.69. The Hall–Kier alpha value is -3.77. The van der Waals surface area contributed by atoms with Crippen molar-refractivity contribution in [3.63, 3.8) is 0 Å². The molecular weight excluding hydrogens is 410 g/mol. The fourth-order valence-corrected chi connectivity index (χ4v) is 4.77. The standard InChI is InChI=1S/C25H17NO4S/c27-24-20-15-22(31(29)18-11-5-2-6-12-18)25(28)30-23(20)19-13-7-8-14-21(19)26(24)16-17-9-3-1-4-10-17/h1-15H,16H2. The molecule has 0 radical (unpaired) electrons. The Balaban J connectivity index is 1.79. The molecule has 2 heterocycles. The molecule has 0 N–H and O–H groups in total. The summed E-state index contributed by atoms with van der Waals surface area (Å²) in [6.45, 7) is 0.367. The lowest BCUT2D eigenvalue weighted by Crippen LogP contribution is -2.23. The Morgan fingerprint density at radius 1 is 0.774 bits per heavy atom. The molecule has 0 bridgehead atoms. The van der Waals surface area contributed by atoms with Gasteiger partial charge in [0.2, 0.25) is 0 Å². The van der Waals surface area contributed by atoms with Gasteiger partial charge in [-0.2, -0.15) is 0 Å². The minimum Gasteiger partial charge on any atom is -0.421 e. The molecule has 1 unspecified atom stereocenters. The van der Waals surface area contributed by atoms with E-state index in [9.17, 15) is 13.8 Å². The molecule has 3 aromatic carbocycles. The van der Waals surface area contributed by atoms with Gasteiger partial charge in [0.1, 0.15) is 4.90 Å². The van der Waals surface area contributed by atoms with E-state index < -0.39 is 16.4 Å². The summed E-state index contributed by atoms with van der Waals surface area (Å²) in [5.41, 5.74) is 0.847. The predicted octanol–water partition coefficient (Wildman–Crippen LogP) is 4.32. The van der Waals surface area contributed by atoms with Crippen LogP contribution in [0.2, 0.25) is 0 Å². The summed E-state index contributed by atoms with van der Waals surface area (Å²) in [6.07, 6.45) is 0. The van der Waals surface area contributed by atoms with Gasteiger partial charge in [-0.3, -0.25) is 4.79 Å². The molecule has 0 aliphatic carbocycles. The molecule has 5 rings (SSSR count). The minimum atomic E-state index is -1.76. The Kier molecular flexibility index (Phi) is 4.84. The summed E-state index contributed by atoms with van der Waals surface area (Å²) < 4.78 is 20.2. The third kappa shape index (κ3) is 3.41. The fraction of sp³-hybridized carbons (Fsp3) is 0.0400. The summed E-state index contributed by atoms with van der Waals surface area (Å²) in [7, 11) is -1.76. The van der Waals surface area contributed by atoms with Gasteiger partial charge in [-0.15, -0.1) is 0 Å². The van der Waals surface area contributed by atoms with Gasteiger partial charge in [0, 0.05) is 10.3 Å². The van der Waals surface area contributed by atoms with E-state index in [1.54, 1.807) is 34.9 Å². The number of fused-ring (bicyclic) bond motifs is 3. The molecule has 0 amide bonds. The molecule has 6 heteroatoms. The zero-order valence-electron chi connectivity index (χ0n) is 16.4. The van der Waals surface area contributed by atoms with Crippen molar-refractivity contribution in [3.8, 4) is 0 Å². The van der Waals surface area contributed by atoms with E-state index in [1.807, 2.05) is 54.6 Å². The highest BCUT2D eigenvalue weighted by Crippen LogP contribution is 2.24. The lowest BCUT2D eigenvalue weighted by molar-refractivity contribution is 0.542. The van der Waals surface area contributed by atoms with Crippen molar-refractivity contribution >= 4 is 32.7 Å². The largest absolute Gasteiger partial charge is 0.421 e. The second-order valence-corrected chi connectivity index (χ2v) is 8.57. The quantitative estimate of drug-likeness (QED) is 0.401. The van der Waals surface area contributed by atoms with E-state index in [2.05, 4.69) is 0 Å². The van der Waals surface area contributed by atoms with Crippen molar-refractivity contribution in [2.45, 2.75) is 16.3 Å². The van der Waals surface area contributed by atoms with Gasteiger partial charge in [0.15, 0.2) is 5.58 Å². The van der Waals surface area contributed by atoms with Crippen LogP contribution < -0.4 is 11.2 Å². The summed E-state index contributed by atoms with van der Waals surface area (Å²) in [6, 6.07) is 27.0. The van der Waals surface area contributed by atoms with Crippen LogP contribution in [-0.2, 0) is 17.3 Å². The molecule has 2 aromatic heterocycles. The summed E-state index contributed by atoms with van der Waals surface area (Å²) in [5, 5.41) is 0.885. The van der Waals surface area contributed by atoms with E-state index in [0.717, 1.165) is 5.56 Å². The normalized spacial score (nSPS) is 12.3. The molecule has 5 aromatic rings. The summed E-state index contributed by atoms with van der Waals surface area (Å²) in [5.74, 6) is 0. The average Bonchev–Trinajstić information content (AvgIpc) is 2.82. The zero-order valence-corrected chi connectivity index (χ0v) is 17.2. The molecule has 1 atom stereocenters. The van der Waals surface area contributed by atoms with Gasteiger partial charge in [0.05, 0.1) is 28.2 Å². The van der Waals surface area contributed by atoms with Crippen LogP contribution in [-0.4, -0.2) is 8.78 Å². The molecule has 152 valence electrons. The Bertz CT molecular complexity index is 1550. The maximum atomic E-state index is 13.5. The van der Waals surface area contributed by atoms with Crippen molar-refractivity contribution in [2.24, 2.45) is 0 Å². The monoisotopic (exact) mass is 427 g/mol. The van der Waals surface area contributed by atoms with Gasteiger partial charge in [0.25, 0.3) is 5.56 Å². The molecule has 31 heavy (non-hydrogen) atoms. The van der Waals surface area contributed by atoms with Crippen LogP contribution >= 0.6 is 0 Å². The molecule has 0 fully saturated rings. The number of hydrogen-bond acceptors (Lipinski definition) is 4.